The Labute approximate surface area is 127 Å². The topological polar surface area (TPSA) is 47.0 Å². The molecule has 1 unspecified atom stereocenters. The van der Waals surface area contributed by atoms with Gasteiger partial charge in [0.15, 0.2) is 0 Å². The average Bonchev–Trinajstić information content (AvgIpc) is 2.36. The van der Waals surface area contributed by atoms with Gasteiger partial charge in [0, 0.05) is 18.3 Å². The fraction of sp³-hybridized carbons (Fsp3) is 0.733. The lowest BCUT2D eigenvalue weighted by atomic mass is 9.99. The summed E-state index contributed by atoms with van der Waals surface area (Å²) in [5, 5.41) is 3.30. The van der Waals surface area contributed by atoms with Crippen molar-refractivity contribution in [3.63, 3.8) is 0 Å². The Hall–Kier alpha value is -1.03. The average molecular weight is 300 g/mol. The van der Waals surface area contributed by atoms with Crippen molar-refractivity contribution in [1.29, 1.82) is 0 Å². The summed E-state index contributed by atoms with van der Waals surface area (Å²) in [7, 11) is 0. The SMILES string of the molecule is CCC(CC)C(Cl)CNc1nc(C)cc(OC(C)C)n1. The Morgan fingerprint density at radius 2 is 1.90 bits per heavy atom. The van der Waals surface area contributed by atoms with Crippen LogP contribution in [-0.2, 0) is 0 Å². The first-order chi connectivity index (χ1) is 9.46. The number of nitrogens with zero attached hydrogens (tertiary/aromatic N) is 2. The zero-order valence-electron chi connectivity index (χ0n) is 13.1. The van der Waals surface area contributed by atoms with Crippen molar-refractivity contribution in [3.8, 4) is 5.88 Å². The molecule has 1 aromatic rings. The van der Waals surface area contributed by atoms with E-state index >= 15 is 0 Å². The summed E-state index contributed by atoms with van der Waals surface area (Å²) in [6, 6.07) is 1.84. The third-order valence-electron chi connectivity index (χ3n) is 3.20. The molecule has 1 rings (SSSR count). The van der Waals surface area contributed by atoms with E-state index in [1.165, 1.54) is 0 Å². The number of aromatic nitrogens is 2. The van der Waals surface area contributed by atoms with E-state index in [0.717, 1.165) is 18.5 Å². The highest BCUT2D eigenvalue weighted by atomic mass is 35.5. The predicted octanol–water partition coefficient (Wildman–Crippen LogP) is 4.03. The van der Waals surface area contributed by atoms with Crippen molar-refractivity contribution < 1.29 is 4.74 Å². The minimum absolute atomic E-state index is 0.0866. The van der Waals surface area contributed by atoms with Crippen molar-refractivity contribution in [2.24, 2.45) is 5.92 Å². The van der Waals surface area contributed by atoms with Crippen LogP contribution in [0.3, 0.4) is 0 Å². The number of anilines is 1. The van der Waals surface area contributed by atoms with Gasteiger partial charge in [-0.3, -0.25) is 0 Å². The quantitative estimate of drug-likeness (QED) is 0.736. The van der Waals surface area contributed by atoms with E-state index < -0.39 is 0 Å². The molecule has 0 saturated carbocycles. The van der Waals surface area contributed by atoms with Crippen molar-refractivity contribution in [2.75, 3.05) is 11.9 Å². The molecule has 1 N–H and O–H groups in total. The zero-order valence-corrected chi connectivity index (χ0v) is 13.9. The van der Waals surface area contributed by atoms with E-state index in [-0.39, 0.29) is 11.5 Å². The van der Waals surface area contributed by atoms with E-state index in [9.17, 15) is 0 Å². The molecule has 4 nitrogen and oxygen atoms in total. The maximum absolute atomic E-state index is 6.41. The maximum Gasteiger partial charge on any atom is 0.226 e. The highest BCUT2D eigenvalue weighted by Gasteiger charge is 2.16. The summed E-state index contributed by atoms with van der Waals surface area (Å²) >= 11 is 6.41. The van der Waals surface area contributed by atoms with E-state index in [4.69, 9.17) is 16.3 Å². The van der Waals surface area contributed by atoms with Gasteiger partial charge < -0.3 is 10.1 Å². The summed E-state index contributed by atoms with van der Waals surface area (Å²) in [5.74, 6) is 1.70. The molecule has 0 saturated heterocycles. The lowest BCUT2D eigenvalue weighted by Crippen LogP contribution is -2.23. The fourth-order valence-electron chi connectivity index (χ4n) is 2.08. The van der Waals surface area contributed by atoms with Crippen LogP contribution in [0, 0.1) is 12.8 Å². The van der Waals surface area contributed by atoms with Crippen LogP contribution in [0.5, 0.6) is 5.88 Å². The van der Waals surface area contributed by atoms with Crippen molar-refractivity contribution in [1.82, 2.24) is 9.97 Å². The molecular weight excluding hydrogens is 274 g/mol. The largest absolute Gasteiger partial charge is 0.475 e. The molecule has 0 bridgehead atoms. The molecule has 0 radical (unpaired) electrons. The molecule has 0 aliphatic rings. The van der Waals surface area contributed by atoms with Gasteiger partial charge in [-0.15, -0.1) is 11.6 Å². The van der Waals surface area contributed by atoms with Gasteiger partial charge in [-0.25, -0.2) is 4.98 Å². The van der Waals surface area contributed by atoms with Gasteiger partial charge in [-0.2, -0.15) is 4.98 Å². The molecule has 1 aromatic heterocycles. The highest BCUT2D eigenvalue weighted by molar-refractivity contribution is 6.21. The Kier molecular flexibility index (Phi) is 7.06. The summed E-state index contributed by atoms with van der Waals surface area (Å²) in [6.07, 6.45) is 2.27. The van der Waals surface area contributed by atoms with Gasteiger partial charge >= 0.3 is 0 Å². The van der Waals surface area contributed by atoms with E-state index in [1.807, 2.05) is 26.8 Å². The standard InChI is InChI=1S/C15H26ClN3O/c1-6-12(7-2)13(16)9-17-15-18-11(5)8-14(19-15)20-10(3)4/h8,10,12-13H,6-7,9H2,1-5H3,(H,17,18,19). The second-order valence-electron chi connectivity index (χ2n) is 5.31. The monoisotopic (exact) mass is 299 g/mol. The number of rotatable bonds is 8. The molecule has 0 spiro atoms. The fourth-order valence-corrected chi connectivity index (χ4v) is 2.51. The molecule has 1 atom stereocenters. The van der Waals surface area contributed by atoms with Crippen LogP contribution in [0.15, 0.2) is 6.07 Å². The lowest BCUT2D eigenvalue weighted by molar-refractivity contribution is 0.232. The van der Waals surface area contributed by atoms with Crippen LogP contribution in [0.1, 0.15) is 46.2 Å². The molecular formula is C15H26ClN3O. The Morgan fingerprint density at radius 1 is 1.25 bits per heavy atom. The van der Waals surface area contributed by atoms with Crippen LogP contribution < -0.4 is 10.1 Å². The van der Waals surface area contributed by atoms with Gasteiger partial charge in [0.05, 0.1) is 11.5 Å². The molecule has 5 heteroatoms. The number of hydrogen-bond acceptors (Lipinski definition) is 4. The van der Waals surface area contributed by atoms with Crippen LogP contribution in [-0.4, -0.2) is 28.0 Å². The normalized spacial score (nSPS) is 12.8. The van der Waals surface area contributed by atoms with Gasteiger partial charge in [-0.1, -0.05) is 26.7 Å². The number of halogens is 1. The lowest BCUT2D eigenvalue weighted by Gasteiger charge is -2.19. The van der Waals surface area contributed by atoms with E-state index in [1.54, 1.807) is 0 Å². The number of aryl methyl sites for hydroxylation is 1. The predicted molar refractivity (Wildman–Crippen MR) is 84.7 cm³/mol. The second kappa shape index (κ2) is 8.30. The van der Waals surface area contributed by atoms with Crippen LogP contribution >= 0.6 is 11.6 Å². The smallest absolute Gasteiger partial charge is 0.226 e. The third-order valence-corrected chi connectivity index (χ3v) is 3.71. The first kappa shape index (κ1) is 17.0. The molecule has 0 aliphatic heterocycles. The Balaban J connectivity index is 2.65. The zero-order chi connectivity index (χ0) is 15.1. The molecule has 0 aliphatic carbocycles. The number of nitrogens with one attached hydrogen (secondary N) is 1. The van der Waals surface area contributed by atoms with E-state index in [0.29, 0.717) is 24.3 Å². The molecule has 0 fully saturated rings. The summed E-state index contributed by atoms with van der Waals surface area (Å²) in [6.45, 7) is 10.9. The molecule has 0 aromatic carbocycles. The number of hydrogen-bond donors (Lipinski definition) is 1. The minimum Gasteiger partial charge on any atom is -0.475 e. The van der Waals surface area contributed by atoms with Gasteiger partial charge in [0.25, 0.3) is 0 Å². The van der Waals surface area contributed by atoms with Gasteiger partial charge in [0.1, 0.15) is 0 Å². The van der Waals surface area contributed by atoms with Crippen molar-refractivity contribution in [2.45, 2.75) is 58.9 Å². The van der Waals surface area contributed by atoms with Gasteiger partial charge in [0.2, 0.25) is 11.8 Å². The van der Waals surface area contributed by atoms with Crippen molar-refractivity contribution >= 4 is 17.5 Å². The maximum atomic E-state index is 6.41. The van der Waals surface area contributed by atoms with Crippen LogP contribution in [0.25, 0.3) is 0 Å². The Bertz CT molecular complexity index is 408. The highest BCUT2D eigenvalue weighted by Crippen LogP contribution is 2.19. The molecule has 114 valence electrons. The van der Waals surface area contributed by atoms with Gasteiger partial charge in [-0.05, 0) is 26.7 Å². The number of alkyl halides is 1. The number of ether oxygens (including phenoxy) is 1. The Morgan fingerprint density at radius 3 is 2.45 bits per heavy atom. The summed E-state index contributed by atoms with van der Waals surface area (Å²) in [4.78, 5) is 8.72. The summed E-state index contributed by atoms with van der Waals surface area (Å²) in [5.41, 5.74) is 0.881. The van der Waals surface area contributed by atoms with Crippen LogP contribution in [0.2, 0.25) is 0 Å². The summed E-state index contributed by atoms with van der Waals surface area (Å²) < 4.78 is 5.61. The molecule has 20 heavy (non-hydrogen) atoms. The molecule has 1 heterocycles. The van der Waals surface area contributed by atoms with Crippen molar-refractivity contribution in [3.05, 3.63) is 11.8 Å². The van der Waals surface area contributed by atoms with Crippen LogP contribution in [0.4, 0.5) is 5.95 Å². The second-order valence-corrected chi connectivity index (χ2v) is 5.87. The van der Waals surface area contributed by atoms with E-state index in [2.05, 4.69) is 29.1 Å². The first-order valence-corrected chi connectivity index (χ1v) is 7.80. The molecule has 0 amide bonds. The third kappa shape index (κ3) is 5.53. The first-order valence-electron chi connectivity index (χ1n) is 7.36. The minimum atomic E-state index is 0.0866.